The number of amides is 2. The third-order valence-electron chi connectivity index (χ3n) is 4.90. The largest absolute Gasteiger partial charge is 0.493 e. The number of benzene rings is 3. The average molecular weight is 446 g/mol. The number of carbonyl (C=O) groups excluding carboxylic acids is 1. The molecule has 0 fully saturated rings. The molecule has 0 atom stereocenters. The van der Waals surface area contributed by atoms with Crippen LogP contribution in [0.1, 0.15) is 42.9 Å². The SMILES string of the molecule is Cc1ccc(C(C)C)c(OCCCOc2ccc(C=NNC(=O)Nc3ccccc3)cc2)c1. The van der Waals surface area contributed by atoms with E-state index in [1.165, 1.54) is 11.1 Å². The van der Waals surface area contributed by atoms with Gasteiger partial charge in [-0.1, -0.05) is 44.2 Å². The first-order valence-electron chi connectivity index (χ1n) is 11.1. The monoisotopic (exact) mass is 445 g/mol. The van der Waals surface area contributed by atoms with Gasteiger partial charge in [-0.25, -0.2) is 10.2 Å². The Balaban J connectivity index is 1.37. The van der Waals surface area contributed by atoms with Gasteiger partial charge in [-0.05, 0) is 72.0 Å². The fourth-order valence-electron chi connectivity index (χ4n) is 3.17. The Hall–Kier alpha value is -3.80. The Morgan fingerprint density at radius 1 is 0.970 bits per heavy atom. The molecular formula is C27H31N3O3. The van der Waals surface area contributed by atoms with Crippen LogP contribution in [0.5, 0.6) is 11.5 Å². The third kappa shape index (κ3) is 8.00. The molecular weight excluding hydrogens is 414 g/mol. The topological polar surface area (TPSA) is 72.0 Å². The standard InChI is InChI=1S/C27H31N3O3/c1-20(2)25-15-10-21(3)18-26(25)33-17-7-16-32-24-13-11-22(12-14-24)19-28-30-27(31)29-23-8-5-4-6-9-23/h4-6,8-15,18-20H,7,16-17H2,1-3H3,(H2,29,30,31). The second-order valence-corrected chi connectivity index (χ2v) is 8.01. The number of hydrogen-bond donors (Lipinski definition) is 2. The highest BCUT2D eigenvalue weighted by molar-refractivity contribution is 5.90. The number of rotatable bonds is 10. The van der Waals surface area contributed by atoms with Crippen molar-refractivity contribution in [1.82, 2.24) is 5.43 Å². The molecule has 172 valence electrons. The molecule has 0 bridgehead atoms. The molecule has 0 saturated carbocycles. The van der Waals surface area contributed by atoms with Gasteiger partial charge in [0, 0.05) is 12.1 Å². The molecule has 0 aliphatic carbocycles. The van der Waals surface area contributed by atoms with Crippen LogP contribution < -0.4 is 20.2 Å². The number of urea groups is 1. The van der Waals surface area contributed by atoms with Gasteiger partial charge in [-0.2, -0.15) is 5.10 Å². The smallest absolute Gasteiger partial charge is 0.339 e. The second kappa shape index (κ2) is 12.3. The zero-order chi connectivity index (χ0) is 23.5. The summed E-state index contributed by atoms with van der Waals surface area (Å²) in [7, 11) is 0. The predicted molar refractivity (Wildman–Crippen MR) is 134 cm³/mol. The molecule has 0 unspecified atom stereocenters. The Morgan fingerprint density at radius 3 is 2.42 bits per heavy atom. The maximum Gasteiger partial charge on any atom is 0.339 e. The Morgan fingerprint density at radius 2 is 1.70 bits per heavy atom. The normalized spacial score (nSPS) is 10.9. The van der Waals surface area contributed by atoms with Crippen molar-refractivity contribution < 1.29 is 14.3 Å². The molecule has 0 aliphatic rings. The first kappa shape index (κ1) is 23.9. The Bertz CT molecular complexity index is 1050. The minimum absolute atomic E-state index is 0.397. The molecule has 0 aromatic heterocycles. The summed E-state index contributed by atoms with van der Waals surface area (Å²) in [6.45, 7) is 7.58. The van der Waals surface area contributed by atoms with Crippen molar-refractivity contribution in [2.75, 3.05) is 18.5 Å². The minimum Gasteiger partial charge on any atom is -0.493 e. The first-order valence-corrected chi connectivity index (χ1v) is 11.1. The van der Waals surface area contributed by atoms with E-state index in [-0.39, 0.29) is 0 Å². The zero-order valence-corrected chi connectivity index (χ0v) is 19.4. The fourth-order valence-corrected chi connectivity index (χ4v) is 3.17. The van der Waals surface area contributed by atoms with Gasteiger partial charge in [-0.3, -0.25) is 0 Å². The lowest BCUT2D eigenvalue weighted by molar-refractivity contribution is 0.245. The first-order chi connectivity index (χ1) is 16.0. The molecule has 0 spiro atoms. The van der Waals surface area contributed by atoms with Gasteiger partial charge < -0.3 is 14.8 Å². The van der Waals surface area contributed by atoms with E-state index in [0.29, 0.717) is 24.8 Å². The molecule has 3 rings (SSSR count). The van der Waals surface area contributed by atoms with Crippen molar-refractivity contribution in [3.8, 4) is 11.5 Å². The highest BCUT2D eigenvalue weighted by atomic mass is 16.5. The van der Waals surface area contributed by atoms with E-state index in [1.54, 1.807) is 18.3 Å². The summed E-state index contributed by atoms with van der Waals surface area (Å²) >= 11 is 0. The highest BCUT2D eigenvalue weighted by Crippen LogP contribution is 2.27. The van der Waals surface area contributed by atoms with Crippen LogP contribution in [0.25, 0.3) is 0 Å². The molecule has 33 heavy (non-hydrogen) atoms. The molecule has 0 saturated heterocycles. The van der Waals surface area contributed by atoms with Crippen molar-refractivity contribution in [3.05, 3.63) is 89.5 Å². The van der Waals surface area contributed by atoms with Crippen LogP contribution in [0.4, 0.5) is 10.5 Å². The maximum absolute atomic E-state index is 11.8. The second-order valence-electron chi connectivity index (χ2n) is 8.01. The predicted octanol–water partition coefficient (Wildman–Crippen LogP) is 6.12. The van der Waals surface area contributed by atoms with Crippen molar-refractivity contribution >= 4 is 17.9 Å². The van der Waals surface area contributed by atoms with Crippen molar-refractivity contribution in [3.63, 3.8) is 0 Å². The van der Waals surface area contributed by atoms with Gasteiger partial charge in [0.25, 0.3) is 0 Å². The van der Waals surface area contributed by atoms with Crippen molar-refractivity contribution in [2.24, 2.45) is 5.10 Å². The summed E-state index contributed by atoms with van der Waals surface area (Å²) in [5.74, 6) is 2.16. The molecule has 3 aromatic rings. The number of carbonyl (C=O) groups is 1. The summed E-state index contributed by atoms with van der Waals surface area (Å²) in [5, 5.41) is 6.66. The number of hydrazone groups is 1. The van der Waals surface area contributed by atoms with Crippen LogP contribution in [0.3, 0.4) is 0 Å². The summed E-state index contributed by atoms with van der Waals surface area (Å²) in [6.07, 6.45) is 2.37. The number of anilines is 1. The molecule has 2 amide bonds. The molecule has 0 aliphatic heterocycles. The Labute approximate surface area is 195 Å². The minimum atomic E-state index is -0.397. The van der Waals surface area contributed by atoms with E-state index in [0.717, 1.165) is 23.5 Å². The molecule has 2 N–H and O–H groups in total. The number of ether oxygens (including phenoxy) is 2. The van der Waals surface area contributed by atoms with E-state index in [1.807, 2.05) is 42.5 Å². The third-order valence-corrected chi connectivity index (χ3v) is 4.90. The molecule has 6 heteroatoms. The van der Waals surface area contributed by atoms with E-state index in [2.05, 4.69) is 54.8 Å². The fraction of sp³-hybridized carbons (Fsp3) is 0.259. The Kier molecular flexibility index (Phi) is 8.88. The number of para-hydroxylation sites is 1. The quantitative estimate of drug-likeness (QED) is 0.224. The van der Waals surface area contributed by atoms with Gasteiger partial charge in [-0.15, -0.1) is 0 Å². The lowest BCUT2D eigenvalue weighted by Gasteiger charge is -2.15. The lowest BCUT2D eigenvalue weighted by Crippen LogP contribution is -2.24. The van der Waals surface area contributed by atoms with Crippen LogP contribution in [-0.4, -0.2) is 25.5 Å². The van der Waals surface area contributed by atoms with Crippen LogP contribution in [0, 0.1) is 6.92 Å². The summed E-state index contributed by atoms with van der Waals surface area (Å²) in [5.41, 5.74) is 6.43. The lowest BCUT2D eigenvalue weighted by atomic mass is 10.0. The highest BCUT2D eigenvalue weighted by Gasteiger charge is 2.08. The summed E-state index contributed by atoms with van der Waals surface area (Å²) < 4.78 is 11.8. The molecule has 3 aromatic carbocycles. The molecule has 0 heterocycles. The molecule has 6 nitrogen and oxygen atoms in total. The van der Waals surface area contributed by atoms with E-state index in [9.17, 15) is 4.79 Å². The van der Waals surface area contributed by atoms with E-state index in [4.69, 9.17) is 9.47 Å². The van der Waals surface area contributed by atoms with Crippen LogP contribution in [0.15, 0.2) is 77.9 Å². The van der Waals surface area contributed by atoms with E-state index < -0.39 is 6.03 Å². The van der Waals surface area contributed by atoms with Gasteiger partial charge in [0.05, 0.1) is 19.4 Å². The van der Waals surface area contributed by atoms with Gasteiger partial charge >= 0.3 is 6.03 Å². The number of hydrogen-bond acceptors (Lipinski definition) is 4. The van der Waals surface area contributed by atoms with Crippen LogP contribution in [-0.2, 0) is 0 Å². The average Bonchev–Trinajstić information content (AvgIpc) is 2.80. The number of nitrogens with zero attached hydrogens (tertiary/aromatic N) is 1. The number of aryl methyl sites for hydroxylation is 1. The maximum atomic E-state index is 11.8. The van der Waals surface area contributed by atoms with Crippen LogP contribution >= 0.6 is 0 Å². The van der Waals surface area contributed by atoms with E-state index >= 15 is 0 Å². The number of nitrogens with one attached hydrogen (secondary N) is 2. The zero-order valence-electron chi connectivity index (χ0n) is 19.4. The van der Waals surface area contributed by atoms with Gasteiger partial charge in [0.2, 0.25) is 0 Å². The summed E-state index contributed by atoms with van der Waals surface area (Å²) in [4.78, 5) is 11.8. The van der Waals surface area contributed by atoms with Crippen LogP contribution in [0.2, 0.25) is 0 Å². The van der Waals surface area contributed by atoms with Gasteiger partial charge in [0.1, 0.15) is 11.5 Å². The van der Waals surface area contributed by atoms with Crippen molar-refractivity contribution in [1.29, 1.82) is 0 Å². The van der Waals surface area contributed by atoms with Gasteiger partial charge in [0.15, 0.2) is 0 Å². The summed E-state index contributed by atoms with van der Waals surface area (Å²) in [6, 6.07) is 22.7. The molecule has 0 radical (unpaired) electrons. The van der Waals surface area contributed by atoms with Crippen molar-refractivity contribution in [2.45, 2.75) is 33.1 Å².